The van der Waals surface area contributed by atoms with Crippen LogP contribution in [0.25, 0.3) is 11.3 Å². The van der Waals surface area contributed by atoms with E-state index in [0.29, 0.717) is 6.54 Å². The molecule has 0 saturated heterocycles. The molecule has 2 unspecified atom stereocenters. The Morgan fingerprint density at radius 1 is 1.00 bits per heavy atom. The van der Waals surface area contributed by atoms with Crippen LogP contribution >= 0.6 is 11.3 Å². The standard InChI is InChI=1S/C22H16N2OS/c25-20-18(14-7-2-1-3-8-14)16-10-4-5-11-17(16)19-21(20)26-22(24-19)15-9-6-12-23-13-15/h1-12,15,18H,13H2. The summed E-state index contributed by atoms with van der Waals surface area (Å²) < 4.78 is 0. The van der Waals surface area contributed by atoms with Gasteiger partial charge in [0.25, 0.3) is 0 Å². The highest BCUT2D eigenvalue weighted by Crippen LogP contribution is 2.45. The van der Waals surface area contributed by atoms with Crippen molar-refractivity contribution in [2.24, 2.45) is 4.99 Å². The summed E-state index contributed by atoms with van der Waals surface area (Å²) in [4.78, 5) is 23.4. The summed E-state index contributed by atoms with van der Waals surface area (Å²) in [6.45, 7) is 0.695. The molecule has 2 atom stereocenters. The topological polar surface area (TPSA) is 42.3 Å². The quantitative estimate of drug-likeness (QED) is 0.658. The van der Waals surface area contributed by atoms with Gasteiger partial charge in [0.2, 0.25) is 0 Å². The second-order valence-corrected chi connectivity index (χ2v) is 7.56. The number of dihydropyridines is 1. The number of ketones is 1. The fraction of sp³-hybridized carbons (Fsp3) is 0.136. The van der Waals surface area contributed by atoms with Crippen LogP contribution in [0.5, 0.6) is 0 Å². The van der Waals surface area contributed by atoms with Crippen LogP contribution in [0.1, 0.15) is 37.6 Å². The van der Waals surface area contributed by atoms with Crippen molar-refractivity contribution in [3.05, 3.63) is 87.8 Å². The number of Topliss-reactive ketones (excluding diaryl/α,β-unsaturated/α-hetero) is 1. The van der Waals surface area contributed by atoms with Crippen molar-refractivity contribution in [2.75, 3.05) is 6.54 Å². The van der Waals surface area contributed by atoms with E-state index in [1.807, 2.05) is 54.8 Å². The minimum atomic E-state index is -0.256. The second kappa shape index (κ2) is 6.15. The van der Waals surface area contributed by atoms with Crippen LogP contribution in [0.3, 0.4) is 0 Å². The van der Waals surface area contributed by atoms with Gasteiger partial charge in [0.15, 0.2) is 5.78 Å². The number of hydrogen-bond acceptors (Lipinski definition) is 4. The second-order valence-electron chi connectivity index (χ2n) is 6.53. The van der Waals surface area contributed by atoms with Gasteiger partial charge in [0.05, 0.1) is 23.0 Å². The molecule has 1 aliphatic carbocycles. The molecule has 26 heavy (non-hydrogen) atoms. The average Bonchev–Trinajstić information content (AvgIpc) is 3.16. The molecule has 3 aromatic rings. The van der Waals surface area contributed by atoms with Gasteiger partial charge in [0, 0.05) is 17.7 Å². The van der Waals surface area contributed by atoms with Crippen molar-refractivity contribution in [2.45, 2.75) is 11.8 Å². The molecular formula is C22H16N2OS. The summed E-state index contributed by atoms with van der Waals surface area (Å²) in [5.41, 5.74) is 3.99. The van der Waals surface area contributed by atoms with E-state index >= 15 is 0 Å². The third kappa shape index (κ3) is 2.37. The zero-order valence-corrected chi connectivity index (χ0v) is 14.8. The minimum Gasteiger partial charge on any atom is -0.292 e. The van der Waals surface area contributed by atoms with Crippen LogP contribution < -0.4 is 0 Å². The highest BCUT2D eigenvalue weighted by Gasteiger charge is 2.36. The predicted molar refractivity (Wildman–Crippen MR) is 105 cm³/mol. The molecule has 2 aromatic carbocycles. The van der Waals surface area contributed by atoms with E-state index in [1.165, 1.54) is 11.3 Å². The van der Waals surface area contributed by atoms with Crippen LogP contribution in [0, 0.1) is 0 Å². The van der Waals surface area contributed by atoms with E-state index < -0.39 is 0 Å². The maximum absolute atomic E-state index is 13.4. The van der Waals surface area contributed by atoms with Crippen LogP contribution in [0.4, 0.5) is 0 Å². The van der Waals surface area contributed by atoms with E-state index in [4.69, 9.17) is 4.98 Å². The Morgan fingerprint density at radius 2 is 1.81 bits per heavy atom. The predicted octanol–water partition coefficient (Wildman–Crippen LogP) is 4.86. The van der Waals surface area contributed by atoms with Crippen molar-refractivity contribution in [3.63, 3.8) is 0 Å². The molecule has 1 aliphatic heterocycles. The Balaban J connectivity index is 1.68. The van der Waals surface area contributed by atoms with Crippen LogP contribution in [0.2, 0.25) is 0 Å². The third-order valence-electron chi connectivity index (χ3n) is 4.94. The number of thiazole rings is 1. The lowest BCUT2D eigenvalue weighted by atomic mass is 9.79. The number of benzene rings is 2. The first-order valence-corrected chi connectivity index (χ1v) is 9.50. The number of carbonyl (C=O) groups is 1. The van der Waals surface area contributed by atoms with Gasteiger partial charge in [-0.1, -0.05) is 60.7 Å². The van der Waals surface area contributed by atoms with Crippen molar-refractivity contribution in [1.82, 2.24) is 4.98 Å². The van der Waals surface area contributed by atoms with E-state index in [0.717, 1.165) is 32.3 Å². The molecule has 126 valence electrons. The van der Waals surface area contributed by atoms with Crippen molar-refractivity contribution >= 4 is 23.3 Å². The number of nitrogens with zero attached hydrogens (tertiary/aromatic N) is 2. The van der Waals surface area contributed by atoms with Gasteiger partial charge in [-0.2, -0.15) is 0 Å². The van der Waals surface area contributed by atoms with E-state index in [-0.39, 0.29) is 17.6 Å². The smallest absolute Gasteiger partial charge is 0.186 e. The summed E-state index contributed by atoms with van der Waals surface area (Å²) in [6, 6.07) is 18.2. The zero-order chi connectivity index (χ0) is 17.5. The lowest BCUT2D eigenvalue weighted by molar-refractivity contribution is 0.0976. The zero-order valence-electron chi connectivity index (χ0n) is 14.0. The number of allylic oxidation sites excluding steroid dienone is 1. The number of aromatic nitrogens is 1. The summed E-state index contributed by atoms with van der Waals surface area (Å²) in [5.74, 6) is 0.0517. The van der Waals surface area contributed by atoms with Gasteiger partial charge >= 0.3 is 0 Å². The monoisotopic (exact) mass is 356 g/mol. The molecule has 0 saturated carbocycles. The molecule has 2 aliphatic rings. The molecule has 0 radical (unpaired) electrons. The highest BCUT2D eigenvalue weighted by atomic mass is 32.1. The Kier molecular flexibility index (Phi) is 3.64. The van der Waals surface area contributed by atoms with Gasteiger partial charge in [-0.15, -0.1) is 11.3 Å². The molecule has 0 amide bonds. The molecule has 3 nitrogen and oxygen atoms in total. The first kappa shape index (κ1) is 15.4. The Hall–Kier alpha value is -2.85. The van der Waals surface area contributed by atoms with E-state index in [1.54, 1.807) is 0 Å². The fourth-order valence-electron chi connectivity index (χ4n) is 3.70. The highest BCUT2D eigenvalue weighted by molar-refractivity contribution is 7.14. The first-order chi connectivity index (χ1) is 12.8. The molecule has 4 heteroatoms. The largest absolute Gasteiger partial charge is 0.292 e. The molecule has 0 spiro atoms. The molecule has 0 fully saturated rings. The lowest BCUT2D eigenvalue weighted by Crippen LogP contribution is -2.19. The molecule has 1 aromatic heterocycles. The van der Waals surface area contributed by atoms with E-state index in [2.05, 4.69) is 23.2 Å². The van der Waals surface area contributed by atoms with Crippen molar-refractivity contribution in [3.8, 4) is 11.3 Å². The van der Waals surface area contributed by atoms with Crippen LogP contribution in [-0.2, 0) is 0 Å². The number of fused-ring (bicyclic) bond motifs is 3. The molecule has 5 rings (SSSR count). The normalized spacial score (nSPS) is 20.7. The molecule has 2 heterocycles. The lowest BCUT2D eigenvalue weighted by Gasteiger charge is -2.23. The Labute approximate surface area is 155 Å². The summed E-state index contributed by atoms with van der Waals surface area (Å²) in [7, 11) is 0. The Bertz CT molecular complexity index is 1050. The van der Waals surface area contributed by atoms with Gasteiger partial charge in [-0.25, -0.2) is 4.98 Å². The van der Waals surface area contributed by atoms with Crippen LogP contribution in [-0.4, -0.2) is 23.5 Å². The van der Waals surface area contributed by atoms with Crippen molar-refractivity contribution in [1.29, 1.82) is 0 Å². The number of hydrogen-bond donors (Lipinski definition) is 0. The maximum atomic E-state index is 13.4. The third-order valence-corrected chi connectivity index (χ3v) is 6.15. The van der Waals surface area contributed by atoms with Gasteiger partial charge in [0.1, 0.15) is 5.01 Å². The van der Waals surface area contributed by atoms with Gasteiger partial charge in [-0.05, 0) is 17.2 Å². The number of carbonyl (C=O) groups excluding carboxylic acids is 1. The van der Waals surface area contributed by atoms with Gasteiger partial charge in [-0.3, -0.25) is 9.79 Å². The van der Waals surface area contributed by atoms with Gasteiger partial charge < -0.3 is 0 Å². The van der Waals surface area contributed by atoms with Crippen LogP contribution in [0.15, 0.2) is 71.7 Å². The van der Waals surface area contributed by atoms with Crippen molar-refractivity contribution < 1.29 is 4.79 Å². The maximum Gasteiger partial charge on any atom is 0.186 e. The average molecular weight is 356 g/mol. The summed E-state index contributed by atoms with van der Waals surface area (Å²) >= 11 is 1.53. The summed E-state index contributed by atoms with van der Waals surface area (Å²) in [6.07, 6.45) is 5.88. The van der Waals surface area contributed by atoms with E-state index in [9.17, 15) is 4.79 Å². The summed E-state index contributed by atoms with van der Waals surface area (Å²) in [5, 5.41) is 0.972. The minimum absolute atomic E-state index is 0.150. The molecule has 0 N–H and O–H groups in total. The number of rotatable bonds is 2. The number of aliphatic imine (C=N–C) groups is 1. The molecule has 0 bridgehead atoms. The molecular weight excluding hydrogens is 340 g/mol. The first-order valence-electron chi connectivity index (χ1n) is 8.68. The Morgan fingerprint density at radius 3 is 2.62 bits per heavy atom. The SMILES string of the molecule is O=C1c2sc(C3C=CC=NC3)nc2-c2ccccc2C1c1ccccc1. The fourth-order valence-corrected chi connectivity index (χ4v) is 4.82.